The maximum Gasteiger partial charge on any atom is 0.337 e. The van der Waals surface area contributed by atoms with Crippen molar-refractivity contribution in [2.75, 3.05) is 25.0 Å². The van der Waals surface area contributed by atoms with Crippen molar-refractivity contribution < 1.29 is 19.5 Å². The highest BCUT2D eigenvalue weighted by atomic mass is 35.5. The zero-order valence-electron chi connectivity index (χ0n) is 11.1. The summed E-state index contributed by atoms with van der Waals surface area (Å²) < 4.78 is 0. The number of hydrogen-bond donors (Lipinski definition) is 3. The van der Waals surface area contributed by atoms with Crippen LogP contribution in [-0.2, 0) is 4.79 Å². The number of amides is 3. The van der Waals surface area contributed by atoms with Crippen LogP contribution in [0.4, 0.5) is 10.5 Å². The maximum absolute atomic E-state index is 12.2. The molecule has 0 aromatic heterocycles. The summed E-state index contributed by atoms with van der Waals surface area (Å²) in [4.78, 5) is 36.0. The molecule has 1 fully saturated rings. The van der Waals surface area contributed by atoms with E-state index in [1.165, 1.54) is 23.1 Å². The van der Waals surface area contributed by atoms with Gasteiger partial charge in [-0.1, -0.05) is 11.6 Å². The fourth-order valence-electron chi connectivity index (χ4n) is 1.98. The van der Waals surface area contributed by atoms with Gasteiger partial charge in [0.25, 0.3) is 0 Å². The quantitative estimate of drug-likeness (QED) is 0.768. The molecule has 2 rings (SSSR count). The van der Waals surface area contributed by atoms with Gasteiger partial charge < -0.3 is 20.6 Å². The van der Waals surface area contributed by atoms with Crippen molar-refractivity contribution in [1.29, 1.82) is 0 Å². The molecule has 1 aromatic carbocycles. The lowest BCUT2D eigenvalue weighted by Gasteiger charge is -2.20. The average Bonchev–Trinajstić information content (AvgIpc) is 2.63. The largest absolute Gasteiger partial charge is 0.478 e. The molecule has 21 heavy (non-hydrogen) atoms. The molecule has 0 radical (unpaired) electrons. The number of hydrogen-bond acceptors (Lipinski definition) is 3. The summed E-state index contributed by atoms with van der Waals surface area (Å²) in [5.74, 6) is -1.41. The maximum atomic E-state index is 12.2. The summed E-state index contributed by atoms with van der Waals surface area (Å²) in [7, 11) is 0. The number of carboxylic acids is 1. The lowest BCUT2D eigenvalue weighted by atomic mass is 10.2. The SMILES string of the molecule is O=C1CN(C(=O)Nc2cc(Cl)ccc2C(=O)O)CCCN1. The molecule has 1 aliphatic rings. The van der Waals surface area contributed by atoms with Gasteiger partial charge >= 0.3 is 12.0 Å². The van der Waals surface area contributed by atoms with E-state index in [0.717, 1.165) is 0 Å². The molecule has 8 heteroatoms. The number of anilines is 1. The number of carboxylic acid groups (broad SMARTS) is 1. The zero-order chi connectivity index (χ0) is 15.4. The molecule has 0 bridgehead atoms. The van der Waals surface area contributed by atoms with Gasteiger partial charge in [0.15, 0.2) is 0 Å². The van der Waals surface area contributed by atoms with E-state index in [-0.39, 0.29) is 23.7 Å². The molecule has 0 spiro atoms. The Bertz CT molecular complexity index is 591. The number of carbonyl (C=O) groups excluding carboxylic acids is 2. The van der Waals surface area contributed by atoms with Crippen molar-refractivity contribution in [1.82, 2.24) is 10.2 Å². The first-order valence-corrected chi connectivity index (χ1v) is 6.70. The van der Waals surface area contributed by atoms with E-state index >= 15 is 0 Å². The molecule has 0 atom stereocenters. The second-order valence-electron chi connectivity index (χ2n) is 4.55. The first kappa shape index (κ1) is 15.1. The van der Waals surface area contributed by atoms with Crippen LogP contribution >= 0.6 is 11.6 Å². The summed E-state index contributed by atoms with van der Waals surface area (Å²) in [5, 5.41) is 14.6. The van der Waals surface area contributed by atoms with Crippen molar-refractivity contribution in [2.24, 2.45) is 0 Å². The predicted octanol–water partition coefficient (Wildman–Crippen LogP) is 1.39. The molecule has 3 amide bonds. The van der Waals surface area contributed by atoms with Crippen LogP contribution in [0.15, 0.2) is 18.2 Å². The minimum absolute atomic E-state index is 0.0607. The molecule has 7 nitrogen and oxygen atoms in total. The molecule has 3 N–H and O–H groups in total. The number of benzene rings is 1. The number of nitrogens with zero attached hydrogens (tertiary/aromatic N) is 1. The van der Waals surface area contributed by atoms with Crippen LogP contribution in [0.25, 0.3) is 0 Å². The Kier molecular flexibility index (Phi) is 4.64. The van der Waals surface area contributed by atoms with Gasteiger partial charge in [0, 0.05) is 18.1 Å². The van der Waals surface area contributed by atoms with Crippen molar-refractivity contribution in [3.63, 3.8) is 0 Å². The molecule has 1 aromatic rings. The molecule has 0 aliphatic carbocycles. The number of aromatic carboxylic acids is 1. The molecular weight excluding hydrogens is 298 g/mol. The van der Waals surface area contributed by atoms with Crippen LogP contribution in [-0.4, -0.2) is 47.5 Å². The van der Waals surface area contributed by atoms with Crippen molar-refractivity contribution >= 4 is 35.2 Å². The van der Waals surface area contributed by atoms with Gasteiger partial charge in [-0.15, -0.1) is 0 Å². The van der Waals surface area contributed by atoms with Crippen LogP contribution in [0, 0.1) is 0 Å². The molecule has 0 unspecified atom stereocenters. The summed E-state index contributed by atoms with van der Waals surface area (Å²) >= 11 is 5.82. The first-order valence-electron chi connectivity index (χ1n) is 6.33. The van der Waals surface area contributed by atoms with Gasteiger partial charge in [-0.05, 0) is 24.6 Å². The predicted molar refractivity (Wildman–Crippen MR) is 76.6 cm³/mol. The van der Waals surface area contributed by atoms with E-state index in [2.05, 4.69) is 10.6 Å². The van der Waals surface area contributed by atoms with Crippen molar-refractivity contribution in [3.05, 3.63) is 28.8 Å². The highest BCUT2D eigenvalue weighted by Crippen LogP contribution is 2.21. The first-order chi connectivity index (χ1) is 9.97. The van der Waals surface area contributed by atoms with Crippen LogP contribution < -0.4 is 10.6 Å². The van der Waals surface area contributed by atoms with Crippen LogP contribution in [0.1, 0.15) is 16.8 Å². The molecule has 0 saturated carbocycles. The van der Waals surface area contributed by atoms with Gasteiger partial charge in [0.05, 0.1) is 11.3 Å². The number of urea groups is 1. The third kappa shape index (κ3) is 3.85. The fourth-order valence-corrected chi connectivity index (χ4v) is 2.15. The van der Waals surface area contributed by atoms with E-state index in [1.807, 2.05) is 0 Å². The smallest absolute Gasteiger partial charge is 0.337 e. The highest BCUT2D eigenvalue weighted by Gasteiger charge is 2.21. The fraction of sp³-hybridized carbons (Fsp3) is 0.308. The zero-order valence-corrected chi connectivity index (χ0v) is 11.8. The molecule has 1 saturated heterocycles. The highest BCUT2D eigenvalue weighted by molar-refractivity contribution is 6.31. The monoisotopic (exact) mass is 311 g/mol. The summed E-state index contributed by atoms with van der Waals surface area (Å²) in [5.41, 5.74) is 0.0386. The van der Waals surface area contributed by atoms with Gasteiger partial charge in [-0.2, -0.15) is 0 Å². The van der Waals surface area contributed by atoms with Gasteiger partial charge in [0.1, 0.15) is 6.54 Å². The van der Waals surface area contributed by atoms with E-state index in [4.69, 9.17) is 16.7 Å². The van der Waals surface area contributed by atoms with Gasteiger partial charge in [-0.3, -0.25) is 4.79 Å². The summed E-state index contributed by atoms with van der Waals surface area (Å²) in [6, 6.07) is 3.58. The Hall–Kier alpha value is -2.28. The summed E-state index contributed by atoms with van der Waals surface area (Å²) in [6.07, 6.45) is 0.639. The van der Waals surface area contributed by atoms with E-state index in [0.29, 0.717) is 24.5 Å². The molecule has 1 aliphatic heterocycles. The lowest BCUT2D eigenvalue weighted by molar-refractivity contribution is -0.120. The Balaban J connectivity index is 2.17. The van der Waals surface area contributed by atoms with E-state index < -0.39 is 12.0 Å². The topological polar surface area (TPSA) is 98.7 Å². The Labute approximate surface area is 125 Å². The normalized spacial score (nSPS) is 15.1. The number of carbonyl (C=O) groups is 3. The van der Waals surface area contributed by atoms with Gasteiger partial charge in [-0.25, -0.2) is 9.59 Å². The van der Waals surface area contributed by atoms with Crippen LogP contribution in [0.3, 0.4) is 0 Å². The minimum Gasteiger partial charge on any atom is -0.478 e. The Morgan fingerprint density at radius 1 is 1.38 bits per heavy atom. The molecule has 112 valence electrons. The third-order valence-electron chi connectivity index (χ3n) is 3.00. The third-order valence-corrected chi connectivity index (χ3v) is 3.24. The second-order valence-corrected chi connectivity index (χ2v) is 4.99. The number of nitrogens with one attached hydrogen (secondary N) is 2. The van der Waals surface area contributed by atoms with Crippen LogP contribution in [0.5, 0.6) is 0 Å². The molecular formula is C13H14ClN3O4. The van der Waals surface area contributed by atoms with Crippen molar-refractivity contribution in [3.8, 4) is 0 Å². The summed E-state index contributed by atoms with van der Waals surface area (Å²) in [6.45, 7) is 0.864. The van der Waals surface area contributed by atoms with Crippen molar-refractivity contribution in [2.45, 2.75) is 6.42 Å². The van der Waals surface area contributed by atoms with Gasteiger partial charge in [0.2, 0.25) is 5.91 Å². The van der Waals surface area contributed by atoms with E-state index in [9.17, 15) is 14.4 Å². The second kappa shape index (κ2) is 6.45. The standard InChI is InChI=1S/C13H14ClN3O4/c14-8-2-3-9(12(19)20)10(6-8)16-13(21)17-5-1-4-15-11(18)7-17/h2-3,6H,1,4-5,7H2,(H,15,18)(H,16,21)(H,19,20). The average molecular weight is 312 g/mol. The molecule has 1 heterocycles. The minimum atomic E-state index is -1.17. The number of halogens is 1. The lowest BCUT2D eigenvalue weighted by Crippen LogP contribution is -2.40. The van der Waals surface area contributed by atoms with Crippen LogP contribution in [0.2, 0.25) is 5.02 Å². The number of rotatable bonds is 2. The Morgan fingerprint density at radius 3 is 2.86 bits per heavy atom. The van der Waals surface area contributed by atoms with E-state index in [1.54, 1.807) is 0 Å². The Morgan fingerprint density at radius 2 is 2.14 bits per heavy atom.